The van der Waals surface area contributed by atoms with Gasteiger partial charge >= 0.3 is 0 Å². The van der Waals surface area contributed by atoms with Crippen LogP contribution in [0.4, 0.5) is 5.69 Å². The molecule has 0 radical (unpaired) electrons. The van der Waals surface area contributed by atoms with Gasteiger partial charge < -0.3 is 10.6 Å². The molecule has 0 heterocycles. The molecule has 2 aliphatic rings. The summed E-state index contributed by atoms with van der Waals surface area (Å²) in [6.07, 6.45) is 10.3. The van der Waals surface area contributed by atoms with E-state index in [0.29, 0.717) is 0 Å². The molecule has 0 saturated heterocycles. The second-order valence-electron chi connectivity index (χ2n) is 7.61. The zero-order valence-electron chi connectivity index (χ0n) is 15.5. The molecular formula is C20H27N3O4. The van der Waals surface area contributed by atoms with Gasteiger partial charge in [-0.3, -0.25) is 19.7 Å². The summed E-state index contributed by atoms with van der Waals surface area (Å²) in [6.45, 7) is 0. The molecule has 2 saturated carbocycles. The van der Waals surface area contributed by atoms with Crippen LogP contribution < -0.4 is 10.6 Å². The summed E-state index contributed by atoms with van der Waals surface area (Å²) >= 11 is 0. The second kappa shape index (κ2) is 8.97. The Labute approximate surface area is 159 Å². The van der Waals surface area contributed by atoms with Gasteiger partial charge in [0.05, 0.1) is 4.92 Å². The van der Waals surface area contributed by atoms with E-state index in [1.54, 1.807) is 0 Å². The Morgan fingerprint density at radius 3 is 1.89 bits per heavy atom. The number of amides is 2. The van der Waals surface area contributed by atoms with Gasteiger partial charge in [-0.15, -0.1) is 0 Å². The SMILES string of the molecule is O=C(NC1CCCCC1)c1ccc(C(=O)NC2CCCCC2)c([N+](=O)[O-])c1. The lowest BCUT2D eigenvalue weighted by Gasteiger charge is -2.23. The number of nitro benzene ring substituents is 1. The molecule has 1 aromatic rings. The Bertz CT molecular complexity index is 707. The van der Waals surface area contributed by atoms with Crippen LogP contribution in [0, 0.1) is 10.1 Å². The molecule has 2 N–H and O–H groups in total. The van der Waals surface area contributed by atoms with Crippen molar-refractivity contribution in [2.45, 2.75) is 76.3 Å². The predicted molar refractivity (Wildman–Crippen MR) is 102 cm³/mol. The van der Waals surface area contributed by atoms with E-state index in [1.807, 2.05) is 0 Å². The van der Waals surface area contributed by atoms with Gasteiger partial charge in [0, 0.05) is 23.7 Å². The predicted octanol–water partition coefficient (Wildman–Crippen LogP) is 3.72. The molecule has 0 unspecified atom stereocenters. The van der Waals surface area contributed by atoms with Gasteiger partial charge in [-0.25, -0.2) is 0 Å². The topological polar surface area (TPSA) is 101 Å². The Morgan fingerprint density at radius 1 is 0.852 bits per heavy atom. The van der Waals surface area contributed by atoms with Crippen LogP contribution in [0.15, 0.2) is 18.2 Å². The van der Waals surface area contributed by atoms with Crippen molar-refractivity contribution in [3.8, 4) is 0 Å². The molecular weight excluding hydrogens is 346 g/mol. The van der Waals surface area contributed by atoms with Crippen LogP contribution in [0.2, 0.25) is 0 Å². The van der Waals surface area contributed by atoms with E-state index in [1.165, 1.54) is 24.6 Å². The normalized spacial score (nSPS) is 18.7. The second-order valence-corrected chi connectivity index (χ2v) is 7.61. The summed E-state index contributed by atoms with van der Waals surface area (Å²) in [4.78, 5) is 35.9. The quantitative estimate of drug-likeness (QED) is 0.606. The van der Waals surface area contributed by atoms with Crippen molar-refractivity contribution in [3.63, 3.8) is 0 Å². The molecule has 0 aromatic heterocycles. The molecule has 7 nitrogen and oxygen atoms in total. The average Bonchev–Trinajstić information content (AvgIpc) is 2.69. The van der Waals surface area contributed by atoms with Gasteiger partial charge in [0.25, 0.3) is 17.5 Å². The van der Waals surface area contributed by atoms with Crippen molar-refractivity contribution >= 4 is 17.5 Å². The van der Waals surface area contributed by atoms with Crippen LogP contribution in [0.5, 0.6) is 0 Å². The third-order valence-electron chi connectivity index (χ3n) is 5.58. The smallest absolute Gasteiger partial charge is 0.282 e. The number of hydrogen-bond acceptors (Lipinski definition) is 4. The lowest BCUT2D eigenvalue weighted by atomic mass is 9.95. The van der Waals surface area contributed by atoms with E-state index in [2.05, 4.69) is 10.6 Å². The number of benzene rings is 1. The van der Waals surface area contributed by atoms with Gasteiger partial charge in [-0.05, 0) is 37.8 Å². The van der Waals surface area contributed by atoms with E-state index in [9.17, 15) is 19.7 Å². The van der Waals surface area contributed by atoms with Crippen LogP contribution in [0.1, 0.15) is 84.9 Å². The summed E-state index contributed by atoms with van der Waals surface area (Å²) in [5.41, 5.74) is -0.0825. The Hall–Kier alpha value is -2.44. The standard InChI is InChI=1S/C20H27N3O4/c24-19(21-15-7-3-1-4-8-15)14-11-12-17(18(13-14)23(26)27)20(25)22-16-9-5-2-6-10-16/h11-13,15-16H,1-10H2,(H,21,24)(H,22,25). The number of nitro groups is 1. The monoisotopic (exact) mass is 373 g/mol. The first-order chi connectivity index (χ1) is 13.0. The molecule has 146 valence electrons. The molecule has 0 aliphatic heterocycles. The van der Waals surface area contributed by atoms with Gasteiger partial charge in [0.2, 0.25) is 0 Å². The molecule has 2 amide bonds. The molecule has 7 heteroatoms. The van der Waals surface area contributed by atoms with Crippen LogP contribution in [-0.4, -0.2) is 28.8 Å². The van der Waals surface area contributed by atoms with Crippen molar-refractivity contribution in [2.75, 3.05) is 0 Å². The number of hydrogen-bond donors (Lipinski definition) is 2. The third kappa shape index (κ3) is 5.05. The highest BCUT2D eigenvalue weighted by Crippen LogP contribution is 2.23. The van der Waals surface area contributed by atoms with Crippen molar-refractivity contribution in [1.82, 2.24) is 10.6 Å². The summed E-state index contributed by atoms with van der Waals surface area (Å²) in [7, 11) is 0. The number of rotatable bonds is 5. The highest BCUT2D eigenvalue weighted by molar-refractivity contribution is 6.01. The van der Waals surface area contributed by atoms with Gasteiger partial charge in [0.1, 0.15) is 5.56 Å². The molecule has 3 rings (SSSR count). The minimum Gasteiger partial charge on any atom is -0.349 e. The molecule has 2 fully saturated rings. The molecule has 2 aliphatic carbocycles. The van der Waals surface area contributed by atoms with Crippen LogP contribution in [-0.2, 0) is 0 Å². The van der Waals surface area contributed by atoms with E-state index < -0.39 is 10.8 Å². The lowest BCUT2D eigenvalue weighted by Crippen LogP contribution is -2.37. The molecule has 0 atom stereocenters. The fraction of sp³-hybridized carbons (Fsp3) is 0.600. The Morgan fingerprint density at radius 2 is 1.37 bits per heavy atom. The zero-order valence-corrected chi connectivity index (χ0v) is 15.5. The number of carbonyl (C=O) groups is 2. The van der Waals surface area contributed by atoms with Crippen molar-refractivity contribution < 1.29 is 14.5 Å². The summed E-state index contributed by atoms with van der Waals surface area (Å²) in [5.74, 6) is -0.753. The van der Waals surface area contributed by atoms with E-state index >= 15 is 0 Å². The Kier molecular flexibility index (Phi) is 6.42. The number of carbonyl (C=O) groups excluding carboxylic acids is 2. The largest absolute Gasteiger partial charge is 0.349 e. The maximum atomic E-state index is 12.5. The fourth-order valence-electron chi connectivity index (χ4n) is 4.04. The molecule has 0 spiro atoms. The highest BCUT2D eigenvalue weighted by atomic mass is 16.6. The van der Waals surface area contributed by atoms with Gasteiger partial charge in [-0.1, -0.05) is 38.5 Å². The Balaban J connectivity index is 1.72. The van der Waals surface area contributed by atoms with E-state index in [-0.39, 0.29) is 34.8 Å². The average molecular weight is 373 g/mol. The molecule has 27 heavy (non-hydrogen) atoms. The first-order valence-corrected chi connectivity index (χ1v) is 9.95. The number of nitrogens with zero attached hydrogens (tertiary/aromatic N) is 1. The maximum Gasteiger partial charge on any atom is 0.282 e. The van der Waals surface area contributed by atoms with Crippen LogP contribution >= 0.6 is 0 Å². The first kappa shape index (κ1) is 19.3. The molecule has 1 aromatic carbocycles. The molecule has 0 bridgehead atoms. The van der Waals surface area contributed by atoms with E-state index in [4.69, 9.17) is 0 Å². The first-order valence-electron chi connectivity index (χ1n) is 9.95. The van der Waals surface area contributed by atoms with Crippen molar-refractivity contribution in [2.24, 2.45) is 0 Å². The summed E-state index contributed by atoms with van der Waals surface area (Å²) in [5, 5.41) is 17.3. The fourth-order valence-corrected chi connectivity index (χ4v) is 4.04. The minimum atomic E-state index is -0.590. The van der Waals surface area contributed by atoms with Crippen LogP contribution in [0.25, 0.3) is 0 Å². The summed E-state index contributed by atoms with van der Waals surface area (Å²) in [6, 6.07) is 4.31. The summed E-state index contributed by atoms with van der Waals surface area (Å²) < 4.78 is 0. The van der Waals surface area contributed by atoms with Crippen LogP contribution in [0.3, 0.4) is 0 Å². The van der Waals surface area contributed by atoms with Crippen molar-refractivity contribution in [3.05, 3.63) is 39.4 Å². The minimum absolute atomic E-state index is 0.0137. The lowest BCUT2D eigenvalue weighted by molar-refractivity contribution is -0.385. The number of nitrogens with one attached hydrogen (secondary N) is 2. The zero-order chi connectivity index (χ0) is 19.2. The van der Waals surface area contributed by atoms with Gasteiger partial charge in [0.15, 0.2) is 0 Å². The maximum absolute atomic E-state index is 12.5. The van der Waals surface area contributed by atoms with Crippen molar-refractivity contribution in [1.29, 1.82) is 0 Å². The highest BCUT2D eigenvalue weighted by Gasteiger charge is 2.25. The van der Waals surface area contributed by atoms with E-state index in [0.717, 1.165) is 57.8 Å². The van der Waals surface area contributed by atoms with Gasteiger partial charge in [-0.2, -0.15) is 0 Å². The third-order valence-corrected chi connectivity index (χ3v) is 5.58.